The van der Waals surface area contributed by atoms with Gasteiger partial charge in [0, 0.05) is 26.2 Å². The zero-order chi connectivity index (χ0) is 19.7. The average Bonchev–Trinajstić information content (AvgIpc) is 3.33. The molecular formula is C17H16Cl2N4O3S2. The normalized spacial score (nSPS) is 16.5. The summed E-state index contributed by atoms with van der Waals surface area (Å²) < 4.78 is 33.0. The highest BCUT2D eigenvalue weighted by molar-refractivity contribution is 7.89. The molecule has 11 heteroatoms. The molecule has 1 aromatic carbocycles. The molecule has 1 aliphatic rings. The zero-order valence-corrected chi connectivity index (χ0v) is 17.7. The first-order valence-corrected chi connectivity index (χ1v) is 11.6. The zero-order valence-electron chi connectivity index (χ0n) is 14.6. The van der Waals surface area contributed by atoms with Crippen molar-refractivity contribution in [1.82, 2.24) is 19.4 Å². The lowest BCUT2D eigenvalue weighted by atomic mass is 10.3. The molecule has 0 atom stereocenters. The Morgan fingerprint density at radius 2 is 1.75 bits per heavy atom. The van der Waals surface area contributed by atoms with Crippen molar-refractivity contribution in [2.45, 2.75) is 11.4 Å². The SMILES string of the molecule is O=S(=O)(c1c(Cl)cccc1Cl)N1CCN(Cc2nnc(-c3cccs3)o2)CC1. The second-order valence-electron chi connectivity index (χ2n) is 6.21. The number of hydrogen-bond acceptors (Lipinski definition) is 7. The number of aromatic nitrogens is 2. The fourth-order valence-electron chi connectivity index (χ4n) is 2.99. The van der Waals surface area contributed by atoms with Gasteiger partial charge in [-0.15, -0.1) is 21.5 Å². The lowest BCUT2D eigenvalue weighted by Gasteiger charge is -2.33. The van der Waals surface area contributed by atoms with Gasteiger partial charge in [0.2, 0.25) is 15.9 Å². The minimum atomic E-state index is -3.75. The van der Waals surface area contributed by atoms with Crippen molar-refractivity contribution < 1.29 is 12.8 Å². The van der Waals surface area contributed by atoms with E-state index in [4.69, 9.17) is 27.6 Å². The van der Waals surface area contributed by atoms with Crippen LogP contribution in [0.3, 0.4) is 0 Å². The van der Waals surface area contributed by atoms with E-state index in [1.165, 1.54) is 27.8 Å². The predicted octanol–water partition coefficient (Wildman–Crippen LogP) is 3.61. The largest absolute Gasteiger partial charge is 0.419 e. The van der Waals surface area contributed by atoms with Crippen LogP contribution in [0.2, 0.25) is 10.0 Å². The Morgan fingerprint density at radius 3 is 2.39 bits per heavy atom. The Hall–Kier alpha value is -1.49. The summed E-state index contributed by atoms with van der Waals surface area (Å²) in [5.41, 5.74) is 0. The first-order chi connectivity index (χ1) is 13.4. The molecule has 3 aromatic rings. The number of sulfonamides is 1. The number of piperazine rings is 1. The van der Waals surface area contributed by atoms with Crippen molar-refractivity contribution in [2.24, 2.45) is 0 Å². The summed E-state index contributed by atoms with van der Waals surface area (Å²) in [6, 6.07) is 8.52. The Labute approximate surface area is 176 Å². The van der Waals surface area contributed by atoms with E-state index < -0.39 is 10.0 Å². The molecule has 0 aliphatic carbocycles. The van der Waals surface area contributed by atoms with Crippen LogP contribution >= 0.6 is 34.5 Å². The Balaban J connectivity index is 1.41. The fraction of sp³-hybridized carbons (Fsp3) is 0.294. The summed E-state index contributed by atoms with van der Waals surface area (Å²) in [6.45, 7) is 2.21. The fourth-order valence-corrected chi connectivity index (χ4v) is 6.15. The Morgan fingerprint density at radius 1 is 1.04 bits per heavy atom. The van der Waals surface area contributed by atoms with Crippen molar-refractivity contribution in [1.29, 1.82) is 0 Å². The molecule has 0 N–H and O–H groups in total. The van der Waals surface area contributed by atoms with Crippen LogP contribution in [0.25, 0.3) is 10.8 Å². The van der Waals surface area contributed by atoms with Crippen LogP contribution in [0.4, 0.5) is 0 Å². The summed E-state index contributed by atoms with van der Waals surface area (Å²) >= 11 is 13.7. The standard InChI is InChI=1S/C17H16Cl2N4O3S2/c18-12-3-1-4-13(19)16(12)28(24,25)23-8-6-22(7-9-23)11-15-20-21-17(26-15)14-5-2-10-27-14/h1-5,10H,6-9,11H2. The van der Waals surface area contributed by atoms with Gasteiger partial charge in [-0.05, 0) is 23.6 Å². The van der Waals surface area contributed by atoms with E-state index in [9.17, 15) is 8.42 Å². The second kappa shape index (κ2) is 8.10. The molecular weight excluding hydrogens is 443 g/mol. The minimum absolute atomic E-state index is 0.0377. The monoisotopic (exact) mass is 458 g/mol. The number of nitrogens with zero attached hydrogens (tertiary/aromatic N) is 4. The van der Waals surface area contributed by atoms with E-state index in [1.54, 1.807) is 6.07 Å². The first kappa shape index (κ1) is 19.8. The van der Waals surface area contributed by atoms with E-state index in [1.807, 2.05) is 17.5 Å². The molecule has 0 saturated carbocycles. The molecule has 4 rings (SSSR count). The Bertz CT molecular complexity index is 1040. The number of thiophene rings is 1. The van der Waals surface area contributed by atoms with Crippen LogP contribution in [0.1, 0.15) is 5.89 Å². The molecule has 1 aliphatic heterocycles. The van der Waals surface area contributed by atoms with Gasteiger partial charge in [0.25, 0.3) is 5.89 Å². The molecule has 2 aromatic heterocycles. The van der Waals surface area contributed by atoms with E-state index in [-0.39, 0.29) is 14.9 Å². The summed E-state index contributed by atoms with van der Waals surface area (Å²) in [7, 11) is -3.75. The number of hydrogen-bond donors (Lipinski definition) is 0. The molecule has 7 nitrogen and oxygen atoms in total. The van der Waals surface area contributed by atoms with Crippen LogP contribution in [0, 0.1) is 0 Å². The summed E-state index contributed by atoms with van der Waals surface area (Å²) in [5.74, 6) is 1.01. The lowest BCUT2D eigenvalue weighted by molar-refractivity contribution is 0.168. The number of rotatable bonds is 5. The summed E-state index contributed by atoms with van der Waals surface area (Å²) in [4.78, 5) is 2.96. The highest BCUT2D eigenvalue weighted by Gasteiger charge is 2.32. The molecule has 1 saturated heterocycles. The van der Waals surface area contributed by atoms with Crippen molar-refractivity contribution in [3.05, 3.63) is 51.6 Å². The molecule has 0 bridgehead atoms. The molecule has 1 fully saturated rings. The number of halogens is 2. The maximum absolute atomic E-state index is 12.9. The van der Waals surface area contributed by atoms with Crippen molar-refractivity contribution in [2.75, 3.05) is 26.2 Å². The molecule has 28 heavy (non-hydrogen) atoms. The molecule has 0 unspecified atom stereocenters. The highest BCUT2D eigenvalue weighted by Crippen LogP contribution is 2.32. The molecule has 0 radical (unpaired) electrons. The lowest BCUT2D eigenvalue weighted by Crippen LogP contribution is -2.48. The van der Waals surface area contributed by atoms with Gasteiger partial charge in [-0.25, -0.2) is 8.42 Å². The third-order valence-electron chi connectivity index (χ3n) is 4.41. The molecule has 0 spiro atoms. The highest BCUT2D eigenvalue weighted by atomic mass is 35.5. The van der Waals surface area contributed by atoms with Crippen LogP contribution in [0.5, 0.6) is 0 Å². The quantitative estimate of drug-likeness (QED) is 0.580. The van der Waals surface area contributed by atoms with E-state index in [2.05, 4.69) is 15.1 Å². The average molecular weight is 459 g/mol. The van der Waals surface area contributed by atoms with E-state index in [0.29, 0.717) is 44.5 Å². The van der Waals surface area contributed by atoms with Crippen LogP contribution in [-0.2, 0) is 16.6 Å². The number of benzene rings is 1. The maximum Gasteiger partial charge on any atom is 0.257 e. The van der Waals surface area contributed by atoms with E-state index >= 15 is 0 Å². The molecule has 148 valence electrons. The van der Waals surface area contributed by atoms with Gasteiger partial charge in [0.05, 0.1) is 21.5 Å². The summed E-state index contributed by atoms with van der Waals surface area (Å²) in [5, 5.41) is 10.4. The van der Waals surface area contributed by atoms with Gasteiger partial charge in [-0.3, -0.25) is 4.90 Å². The predicted molar refractivity (Wildman–Crippen MR) is 108 cm³/mol. The van der Waals surface area contributed by atoms with Crippen molar-refractivity contribution in [3.63, 3.8) is 0 Å². The van der Waals surface area contributed by atoms with Gasteiger partial charge < -0.3 is 4.42 Å². The van der Waals surface area contributed by atoms with Gasteiger partial charge in [0.1, 0.15) is 4.90 Å². The summed E-state index contributed by atoms with van der Waals surface area (Å²) in [6.07, 6.45) is 0. The van der Waals surface area contributed by atoms with Crippen molar-refractivity contribution in [3.8, 4) is 10.8 Å². The van der Waals surface area contributed by atoms with Gasteiger partial charge in [0.15, 0.2) is 0 Å². The van der Waals surface area contributed by atoms with Crippen molar-refractivity contribution >= 4 is 44.6 Å². The second-order valence-corrected chi connectivity index (χ2v) is 9.85. The Kier molecular flexibility index (Phi) is 5.73. The topological polar surface area (TPSA) is 79.5 Å². The van der Waals surface area contributed by atoms with Gasteiger partial charge >= 0.3 is 0 Å². The van der Waals surface area contributed by atoms with Gasteiger partial charge in [-0.1, -0.05) is 35.3 Å². The van der Waals surface area contributed by atoms with Crippen LogP contribution < -0.4 is 0 Å². The smallest absolute Gasteiger partial charge is 0.257 e. The van der Waals surface area contributed by atoms with Crippen LogP contribution in [0.15, 0.2) is 45.0 Å². The maximum atomic E-state index is 12.9. The minimum Gasteiger partial charge on any atom is -0.419 e. The first-order valence-electron chi connectivity index (χ1n) is 8.48. The van der Waals surface area contributed by atoms with E-state index in [0.717, 1.165) is 4.88 Å². The van der Waals surface area contributed by atoms with Gasteiger partial charge in [-0.2, -0.15) is 4.31 Å². The molecule has 3 heterocycles. The third kappa shape index (κ3) is 3.96. The third-order valence-corrected chi connectivity index (χ3v) is 8.12. The van der Waals surface area contributed by atoms with Crippen LogP contribution in [-0.4, -0.2) is 54.0 Å². The molecule has 0 amide bonds.